The van der Waals surface area contributed by atoms with Crippen LogP contribution in [-0.2, 0) is 43.1 Å². The fraction of sp³-hybridized carbons (Fsp3) is 0.286. The van der Waals surface area contributed by atoms with Crippen LogP contribution in [-0.4, -0.2) is 44.1 Å². The molecule has 1 aliphatic heterocycles. The molecule has 2 amide bonds. The number of fused-ring (bicyclic) bond motifs is 1. The fourth-order valence-corrected chi connectivity index (χ4v) is 6.54. The third-order valence-electron chi connectivity index (χ3n) is 9.56. The van der Waals surface area contributed by atoms with E-state index in [1.165, 1.54) is 0 Å². The van der Waals surface area contributed by atoms with Crippen molar-refractivity contribution in [3.8, 4) is 17.3 Å². The number of nitriles is 1. The number of amides is 2. The molecule has 0 unspecified atom stereocenters. The summed E-state index contributed by atoms with van der Waals surface area (Å²) in [5.74, 6) is -0.777. The van der Waals surface area contributed by atoms with Crippen molar-refractivity contribution in [3.05, 3.63) is 130 Å². The predicted molar refractivity (Wildman–Crippen MR) is 199 cm³/mol. The molecule has 0 radical (unpaired) electrons. The van der Waals surface area contributed by atoms with Gasteiger partial charge in [-0.15, -0.1) is 0 Å². The quantitative estimate of drug-likeness (QED) is 0.159. The van der Waals surface area contributed by atoms with Crippen molar-refractivity contribution in [3.63, 3.8) is 0 Å². The lowest BCUT2D eigenvalue weighted by molar-refractivity contribution is 0.00700. The Balaban J connectivity index is 1.39. The Morgan fingerprint density at radius 3 is 2.15 bits per heavy atom. The van der Waals surface area contributed by atoms with Gasteiger partial charge < -0.3 is 23.5 Å². The van der Waals surface area contributed by atoms with Crippen LogP contribution in [0.15, 0.2) is 84.9 Å². The van der Waals surface area contributed by atoms with Crippen LogP contribution in [0.3, 0.4) is 0 Å². The van der Waals surface area contributed by atoms with Gasteiger partial charge in [0, 0.05) is 55.5 Å². The van der Waals surface area contributed by atoms with Crippen molar-refractivity contribution in [1.82, 2.24) is 14.0 Å². The van der Waals surface area contributed by atoms with Crippen molar-refractivity contribution in [2.45, 2.75) is 59.8 Å². The van der Waals surface area contributed by atoms with E-state index in [0.29, 0.717) is 58.1 Å². The highest BCUT2D eigenvalue weighted by molar-refractivity contribution is 6.13. The van der Waals surface area contributed by atoms with Crippen molar-refractivity contribution in [2.24, 2.45) is 14.1 Å². The Morgan fingerprint density at radius 2 is 1.52 bits per heavy atom. The van der Waals surface area contributed by atoms with Crippen LogP contribution in [0, 0.1) is 25.2 Å². The summed E-state index contributed by atoms with van der Waals surface area (Å²) in [5.41, 5.74) is 7.23. The Hall–Kier alpha value is -6.08. The molecule has 1 aliphatic rings. The lowest BCUT2D eigenvalue weighted by Gasteiger charge is -2.29. The van der Waals surface area contributed by atoms with E-state index in [4.69, 9.17) is 9.47 Å². The van der Waals surface area contributed by atoms with Crippen LogP contribution >= 0.6 is 0 Å². The summed E-state index contributed by atoms with van der Waals surface area (Å²) in [5, 5.41) is 9.77. The first kappa shape index (κ1) is 35.7. The molecule has 0 N–H and O–H groups in total. The second-order valence-corrected chi connectivity index (χ2v) is 14.1. The zero-order valence-corrected chi connectivity index (χ0v) is 30.7. The van der Waals surface area contributed by atoms with Gasteiger partial charge in [-0.25, -0.2) is 9.59 Å². The number of rotatable bonds is 7. The monoisotopic (exact) mass is 697 g/mol. The van der Waals surface area contributed by atoms with Gasteiger partial charge >= 0.3 is 12.1 Å². The number of carbonyl (C=O) groups excluding carboxylic acids is 3. The fourth-order valence-electron chi connectivity index (χ4n) is 6.54. The Bertz CT molecular complexity index is 2200. The summed E-state index contributed by atoms with van der Waals surface area (Å²) >= 11 is 0. The van der Waals surface area contributed by atoms with Crippen molar-refractivity contribution in [1.29, 1.82) is 5.26 Å². The molecule has 3 heterocycles. The number of aromatic nitrogens is 2. The molecule has 0 fully saturated rings. The molecule has 0 bridgehead atoms. The van der Waals surface area contributed by atoms with Crippen molar-refractivity contribution in [2.75, 3.05) is 11.4 Å². The van der Waals surface area contributed by atoms with Crippen molar-refractivity contribution >= 4 is 29.3 Å². The van der Waals surface area contributed by atoms with Gasteiger partial charge in [0.1, 0.15) is 24.0 Å². The molecule has 0 spiro atoms. The van der Waals surface area contributed by atoms with Gasteiger partial charge in [0.2, 0.25) is 0 Å². The van der Waals surface area contributed by atoms with Crippen LogP contribution in [0.1, 0.15) is 75.3 Å². The van der Waals surface area contributed by atoms with Crippen molar-refractivity contribution < 1.29 is 23.9 Å². The van der Waals surface area contributed by atoms with Gasteiger partial charge in [0.15, 0.2) is 0 Å². The van der Waals surface area contributed by atoms with Crippen LogP contribution in [0.4, 0.5) is 16.2 Å². The molecule has 6 rings (SSSR count). The minimum Gasteiger partial charge on any atom is -0.456 e. The van der Waals surface area contributed by atoms with Crippen LogP contribution in [0.25, 0.3) is 11.3 Å². The van der Waals surface area contributed by atoms with Crippen LogP contribution in [0.2, 0.25) is 0 Å². The van der Waals surface area contributed by atoms with E-state index in [2.05, 4.69) is 6.07 Å². The summed E-state index contributed by atoms with van der Waals surface area (Å²) in [6.45, 7) is 10.1. The largest absolute Gasteiger partial charge is 0.456 e. The average Bonchev–Trinajstić information content (AvgIpc) is 3.59. The molecular formula is C42H43N5O5. The first-order valence-corrected chi connectivity index (χ1v) is 17.2. The lowest BCUT2D eigenvalue weighted by Crippen LogP contribution is -2.36. The molecule has 0 atom stereocenters. The summed E-state index contributed by atoms with van der Waals surface area (Å²) in [6.07, 6.45) is 0.139. The number of hydrogen-bond acceptors (Lipinski definition) is 6. The predicted octanol–water partition coefficient (Wildman–Crippen LogP) is 8.15. The minimum atomic E-state index is -0.755. The zero-order chi connectivity index (χ0) is 37.3. The Labute approximate surface area is 304 Å². The maximum absolute atomic E-state index is 14.7. The molecule has 3 aromatic carbocycles. The zero-order valence-electron chi connectivity index (χ0n) is 30.7. The van der Waals surface area contributed by atoms with E-state index in [1.807, 2.05) is 125 Å². The van der Waals surface area contributed by atoms with E-state index in [0.717, 1.165) is 22.4 Å². The summed E-state index contributed by atoms with van der Waals surface area (Å²) in [6, 6.07) is 28.4. The number of nitrogens with zero attached hydrogens (tertiary/aromatic N) is 5. The van der Waals surface area contributed by atoms with E-state index >= 15 is 0 Å². The minimum absolute atomic E-state index is 0.171. The van der Waals surface area contributed by atoms with Gasteiger partial charge in [-0.05, 0) is 94.1 Å². The van der Waals surface area contributed by atoms with E-state index in [-0.39, 0.29) is 19.1 Å². The van der Waals surface area contributed by atoms with E-state index in [9.17, 15) is 19.6 Å². The standard InChI is InChI=1S/C42H43N5O5/c1-27-34(39(48)47(32-16-12-9-13-17-32)37-22-33(24-43)44(6)28(37)2)23-38(45(27)7)35-20-30-18-19-46(41(50)51-26-29-14-10-8-11-15-29)25-31(30)21-36(35)40(49)52-42(3,4)5/h8-17,20-23H,18-19,25-26H2,1-7H3. The highest BCUT2D eigenvalue weighted by atomic mass is 16.6. The second kappa shape index (κ2) is 14.3. The molecule has 0 saturated carbocycles. The van der Waals surface area contributed by atoms with Gasteiger partial charge in [0.05, 0.1) is 16.8 Å². The maximum Gasteiger partial charge on any atom is 0.410 e. The summed E-state index contributed by atoms with van der Waals surface area (Å²) in [4.78, 5) is 45.0. The molecule has 5 aromatic rings. The number of para-hydroxylation sites is 1. The lowest BCUT2D eigenvalue weighted by atomic mass is 9.92. The van der Waals surface area contributed by atoms with Gasteiger partial charge in [-0.1, -0.05) is 48.5 Å². The highest BCUT2D eigenvalue weighted by Crippen LogP contribution is 2.37. The SMILES string of the molecule is Cc1c(N(C(=O)c2cc(-c3cc4c(cc3C(=O)OC(C)(C)C)CN(C(=O)OCc3ccccc3)CC4)n(C)c2C)c2ccccc2)cc(C#N)n1C. The third kappa shape index (κ3) is 7.08. The van der Waals surface area contributed by atoms with Crippen LogP contribution < -0.4 is 4.90 Å². The molecular weight excluding hydrogens is 654 g/mol. The van der Waals surface area contributed by atoms with Gasteiger partial charge in [-0.2, -0.15) is 5.26 Å². The second-order valence-electron chi connectivity index (χ2n) is 14.1. The molecule has 0 aliphatic carbocycles. The average molecular weight is 698 g/mol. The number of esters is 1. The first-order valence-electron chi connectivity index (χ1n) is 17.2. The summed E-state index contributed by atoms with van der Waals surface area (Å²) < 4.78 is 15.2. The third-order valence-corrected chi connectivity index (χ3v) is 9.56. The van der Waals surface area contributed by atoms with Gasteiger partial charge in [-0.3, -0.25) is 9.69 Å². The highest BCUT2D eigenvalue weighted by Gasteiger charge is 2.31. The van der Waals surface area contributed by atoms with E-state index < -0.39 is 17.7 Å². The number of ether oxygens (including phenoxy) is 2. The topological polar surface area (TPSA) is 110 Å². The number of benzene rings is 3. The molecule has 0 saturated heterocycles. The Kier molecular flexibility index (Phi) is 9.81. The molecule has 10 nitrogen and oxygen atoms in total. The molecule has 10 heteroatoms. The van der Waals surface area contributed by atoms with Crippen LogP contribution in [0.5, 0.6) is 0 Å². The summed E-state index contributed by atoms with van der Waals surface area (Å²) in [7, 11) is 3.68. The first-order chi connectivity index (χ1) is 24.8. The number of anilines is 2. The maximum atomic E-state index is 14.7. The number of hydrogen-bond donors (Lipinski definition) is 0. The normalized spacial score (nSPS) is 12.5. The van der Waals surface area contributed by atoms with Gasteiger partial charge in [0.25, 0.3) is 5.91 Å². The smallest absolute Gasteiger partial charge is 0.410 e. The Morgan fingerprint density at radius 1 is 0.846 bits per heavy atom. The van der Waals surface area contributed by atoms with E-state index in [1.54, 1.807) is 27.5 Å². The molecule has 52 heavy (non-hydrogen) atoms. The molecule has 266 valence electrons. The molecule has 2 aromatic heterocycles. The number of carbonyl (C=O) groups is 3.